The molecule has 190 valence electrons. The van der Waals surface area contributed by atoms with Crippen molar-refractivity contribution in [2.24, 2.45) is 0 Å². The van der Waals surface area contributed by atoms with Gasteiger partial charge in [0.15, 0.2) is 18.4 Å². The molecule has 2 rings (SSSR count). The molecule has 5 atom stereocenters. The molecular formula is C22H34N4O8. The van der Waals surface area contributed by atoms with Crippen LogP contribution in [-0.4, -0.2) is 69.8 Å². The van der Waals surface area contributed by atoms with E-state index in [2.05, 4.69) is 22.6 Å². The van der Waals surface area contributed by atoms with Gasteiger partial charge in [-0.3, -0.25) is 19.2 Å². The molecule has 1 saturated heterocycles. The number of amides is 1. The molecule has 1 aromatic heterocycles. The number of nitrogens with one attached hydrogen (secondary N) is 1. The molecule has 0 aromatic carbocycles. The van der Waals surface area contributed by atoms with E-state index < -0.39 is 54.4 Å². The highest BCUT2D eigenvalue weighted by Gasteiger charge is 2.51. The van der Waals surface area contributed by atoms with Gasteiger partial charge in [-0.05, 0) is 12.8 Å². The summed E-state index contributed by atoms with van der Waals surface area (Å²) in [6, 6.07) is -0.964. The first-order valence-corrected chi connectivity index (χ1v) is 11.4. The van der Waals surface area contributed by atoms with Crippen LogP contribution in [0.25, 0.3) is 0 Å². The maximum absolute atomic E-state index is 12.0. The summed E-state index contributed by atoms with van der Waals surface area (Å²) in [5.74, 6) is -2.30. The summed E-state index contributed by atoms with van der Waals surface area (Å²) in [5, 5.41) is 11.1. The summed E-state index contributed by atoms with van der Waals surface area (Å²) < 4.78 is 23.5. The third-order valence-corrected chi connectivity index (χ3v) is 5.20. The summed E-state index contributed by atoms with van der Waals surface area (Å²) in [5.41, 5.74) is 0.740. The lowest BCUT2D eigenvalue weighted by molar-refractivity contribution is -0.239. The van der Waals surface area contributed by atoms with E-state index in [9.17, 15) is 19.2 Å². The van der Waals surface area contributed by atoms with E-state index in [1.54, 1.807) is 6.20 Å². The van der Waals surface area contributed by atoms with Crippen LogP contribution in [0.3, 0.4) is 0 Å². The molecule has 2 heterocycles. The molecular weight excluding hydrogens is 448 g/mol. The fraction of sp³-hybridized carbons (Fsp3) is 0.727. The number of esters is 3. The van der Waals surface area contributed by atoms with Gasteiger partial charge in [-0.1, -0.05) is 31.4 Å². The van der Waals surface area contributed by atoms with Crippen molar-refractivity contribution < 1.29 is 38.1 Å². The number of carbonyl (C=O) groups is 4. The van der Waals surface area contributed by atoms with Gasteiger partial charge in [0.25, 0.3) is 0 Å². The van der Waals surface area contributed by atoms with E-state index >= 15 is 0 Å². The molecule has 1 fully saturated rings. The molecule has 0 aliphatic carbocycles. The van der Waals surface area contributed by atoms with Gasteiger partial charge < -0.3 is 24.3 Å². The lowest BCUT2D eigenvalue weighted by Gasteiger charge is -2.45. The fourth-order valence-corrected chi connectivity index (χ4v) is 3.82. The highest BCUT2D eigenvalue weighted by Crippen LogP contribution is 2.32. The Balaban J connectivity index is 2.40. The number of aromatic nitrogens is 3. The number of rotatable bonds is 11. The minimum atomic E-state index is -1.15. The first-order chi connectivity index (χ1) is 16.1. The Bertz CT molecular complexity index is 858. The molecule has 1 aliphatic heterocycles. The van der Waals surface area contributed by atoms with Crippen molar-refractivity contribution in [3.8, 4) is 0 Å². The number of carbonyl (C=O) groups excluding carboxylic acids is 4. The van der Waals surface area contributed by atoms with Crippen LogP contribution in [0.15, 0.2) is 6.20 Å². The van der Waals surface area contributed by atoms with Gasteiger partial charge in [0, 0.05) is 27.7 Å². The second-order valence-electron chi connectivity index (χ2n) is 8.24. The van der Waals surface area contributed by atoms with Gasteiger partial charge in [-0.2, -0.15) is 0 Å². The average Bonchev–Trinajstić information content (AvgIpc) is 3.20. The molecule has 1 amide bonds. The zero-order chi connectivity index (χ0) is 25.3. The second kappa shape index (κ2) is 13.0. The largest absolute Gasteiger partial charge is 0.463 e. The first-order valence-electron chi connectivity index (χ1n) is 11.4. The predicted molar refractivity (Wildman–Crippen MR) is 117 cm³/mol. The van der Waals surface area contributed by atoms with Gasteiger partial charge in [0.2, 0.25) is 5.91 Å². The van der Waals surface area contributed by atoms with Crippen LogP contribution in [0, 0.1) is 0 Å². The van der Waals surface area contributed by atoms with Crippen molar-refractivity contribution in [1.29, 1.82) is 0 Å². The molecule has 1 N–H and O–H groups in total. The average molecular weight is 483 g/mol. The highest BCUT2D eigenvalue weighted by atomic mass is 16.6. The normalized spacial score (nSPS) is 24.2. The standard InChI is InChI=1S/C22H34N4O8/c1-6-7-8-9-10-17-11-26(25-24-17)22-19(23-13(2)27)21(33-16(5)30)20(32-15(4)29)18(34-22)12-31-14(3)28/h11,18-22H,6-10,12H2,1-5H3,(H,23,27)/t18-,19-,20-,21-,22-/m1/s1. The third-order valence-electron chi connectivity index (χ3n) is 5.20. The zero-order valence-corrected chi connectivity index (χ0v) is 20.3. The van der Waals surface area contributed by atoms with E-state index in [0.29, 0.717) is 0 Å². The lowest BCUT2D eigenvalue weighted by atomic mass is 9.95. The summed E-state index contributed by atoms with van der Waals surface area (Å²) >= 11 is 0. The summed E-state index contributed by atoms with van der Waals surface area (Å²) in [6.45, 7) is 6.78. The van der Waals surface area contributed by atoms with Crippen LogP contribution < -0.4 is 5.32 Å². The Morgan fingerprint density at radius 3 is 2.26 bits per heavy atom. The lowest BCUT2D eigenvalue weighted by Crippen LogP contribution is -2.64. The van der Waals surface area contributed by atoms with Crippen LogP contribution in [0.1, 0.15) is 72.2 Å². The van der Waals surface area contributed by atoms with Crippen LogP contribution >= 0.6 is 0 Å². The molecule has 34 heavy (non-hydrogen) atoms. The Kier molecular flexibility index (Phi) is 10.4. The van der Waals surface area contributed by atoms with E-state index in [1.807, 2.05) is 0 Å². The summed E-state index contributed by atoms with van der Waals surface area (Å²) in [7, 11) is 0. The van der Waals surface area contributed by atoms with E-state index in [-0.39, 0.29) is 6.61 Å². The van der Waals surface area contributed by atoms with Gasteiger partial charge in [0.1, 0.15) is 18.8 Å². The van der Waals surface area contributed by atoms with E-state index in [1.165, 1.54) is 32.4 Å². The smallest absolute Gasteiger partial charge is 0.303 e. The molecule has 12 nitrogen and oxygen atoms in total. The molecule has 12 heteroatoms. The topological polar surface area (TPSA) is 148 Å². The van der Waals surface area contributed by atoms with Crippen molar-refractivity contribution in [3.05, 3.63) is 11.9 Å². The molecule has 0 radical (unpaired) electrons. The number of unbranched alkanes of at least 4 members (excludes halogenated alkanes) is 3. The highest BCUT2D eigenvalue weighted by molar-refractivity contribution is 5.73. The SMILES string of the molecule is CCCCCCc1cn([C@@H]2O[C@H](COC(C)=O)[C@@H](OC(C)=O)[C@H](OC(C)=O)[C@H]2NC(C)=O)nn1. The fourth-order valence-electron chi connectivity index (χ4n) is 3.82. The van der Waals surface area contributed by atoms with Gasteiger partial charge in [-0.15, -0.1) is 5.10 Å². The van der Waals surface area contributed by atoms with E-state index in [4.69, 9.17) is 18.9 Å². The first kappa shape index (κ1) is 27.2. The molecule has 0 saturated carbocycles. The minimum Gasteiger partial charge on any atom is -0.463 e. The van der Waals surface area contributed by atoms with E-state index in [0.717, 1.165) is 37.8 Å². The monoisotopic (exact) mass is 482 g/mol. The van der Waals surface area contributed by atoms with Crippen molar-refractivity contribution in [2.45, 2.75) is 97.3 Å². The number of ether oxygens (including phenoxy) is 4. The molecule has 0 bridgehead atoms. The predicted octanol–water partition coefficient (Wildman–Crippen LogP) is 1.23. The maximum Gasteiger partial charge on any atom is 0.303 e. The zero-order valence-electron chi connectivity index (χ0n) is 20.3. The Hall–Kier alpha value is -3.02. The molecule has 1 aromatic rings. The Morgan fingerprint density at radius 2 is 1.68 bits per heavy atom. The van der Waals surface area contributed by atoms with Crippen molar-refractivity contribution in [1.82, 2.24) is 20.3 Å². The Morgan fingerprint density at radius 1 is 1.00 bits per heavy atom. The molecule has 1 aliphatic rings. The number of hydrogen-bond donors (Lipinski definition) is 1. The van der Waals surface area contributed by atoms with Crippen LogP contribution in [0.4, 0.5) is 0 Å². The summed E-state index contributed by atoms with van der Waals surface area (Å²) in [4.78, 5) is 47.2. The van der Waals surface area contributed by atoms with Crippen LogP contribution in [0.2, 0.25) is 0 Å². The number of hydrogen-bond acceptors (Lipinski definition) is 10. The molecule has 0 spiro atoms. The quantitative estimate of drug-likeness (QED) is 0.277. The van der Waals surface area contributed by atoms with Crippen molar-refractivity contribution >= 4 is 23.8 Å². The van der Waals surface area contributed by atoms with Crippen molar-refractivity contribution in [3.63, 3.8) is 0 Å². The minimum absolute atomic E-state index is 0.271. The third kappa shape index (κ3) is 8.08. The van der Waals surface area contributed by atoms with Crippen LogP contribution in [0.5, 0.6) is 0 Å². The van der Waals surface area contributed by atoms with Crippen molar-refractivity contribution in [2.75, 3.05) is 6.61 Å². The summed E-state index contributed by atoms with van der Waals surface area (Å²) in [6.07, 6.45) is 2.43. The maximum atomic E-state index is 12.0. The van der Waals surface area contributed by atoms with Gasteiger partial charge >= 0.3 is 17.9 Å². The number of nitrogens with zero attached hydrogens (tertiary/aromatic N) is 3. The molecule has 0 unspecified atom stereocenters. The number of aryl methyl sites for hydroxylation is 1. The second-order valence-corrected chi connectivity index (χ2v) is 8.24. The Labute approximate surface area is 198 Å². The van der Waals surface area contributed by atoms with Gasteiger partial charge in [0.05, 0.1) is 11.9 Å². The van der Waals surface area contributed by atoms with Crippen LogP contribution in [-0.2, 0) is 44.5 Å². The van der Waals surface area contributed by atoms with Gasteiger partial charge in [-0.25, -0.2) is 4.68 Å².